The lowest BCUT2D eigenvalue weighted by molar-refractivity contribution is 0.178. The van der Waals surface area contributed by atoms with Gasteiger partial charge >= 0.3 is 0 Å². The van der Waals surface area contributed by atoms with Gasteiger partial charge in [0.1, 0.15) is 0 Å². The van der Waals surface area contributed by atoms with Gasteiger partial charge in [0, 0.05) is 13.2 Å². The summed E-state index contributed by atoms with van der Waals surface area (Å²) >= 11 is 0. The van der Waals surface area contributed by atoms with Gasteiger partial charge < -0.3 is 10.1 Å². The van der Waals surface area contributed by atoms with Gasteiger partial charge in [-0.15, -0.1) is 0 Å². The van der Waals surface area contributed by atoms with Crippen LogP contribution in [0.3, 0.4) is 0 Å². The number of benzene rings is 1. The molecule has 1 unspecified atom stereocenters. The molecule has 1 fully saturated rings. The molecule has 2 rings (SSSR count). The largest absolute Gasteiger partial charge is 0.379 e. The molecule has 1 atom stereocenters. The number of sulfonamides is 1. The maximum Gasteiger partial charge on any atom is 0.216 e. The van der Waals surface area contributed by atoms with E-state index in [2.05, 4.69) is 10.0 Å². The molecule has 1 aromatic rings. The molecular weight excluding hydrogens is 276 g/mol. The number of hydrogen-bond acceptors (Lipinski definition) is 4. The molecule has 112 valence electrons. The zero-order valence-electron chi connectivity index (χ0n) is 12.0. The summed E-state index contributed by atoms with van der Waals surface area (Å²) in [5.41, 5.74) is 1.41. The molecule has 1 saturated heterocycles. The van der Waals surface area contributed by atoms with Crippen LogP contribution in [0.25, 0.3) is 0 Å². The van der Waals surface area contributed by atoms with Crippen LogP contribution in [0, 0.1) is 0 Å². The first-order chi connectivity index (χ1) is 9.42. The Bertz CT molecular complexity index is 551. The van der Waals surface area contributed by atoms with Crippen molar-refractivity contribution in [2.75, 3.05) is 20.3 Å². The Labute approximate surface area is 120 Å². The second-order valence-electron chi connectivity index (χ2n) is 5.57. The molecule has 6 heteroatoms. The molecule has 0 spiro atoms. The lowest BCUT2D eigenvalue weighted by Crippen LogP contribution is -2.46. The van der Waals surface area contributed by atoms with Crippen molar-refractivity contribution in [1.82, 2.24) is 10.0 Å². The van der Waals surface area contributed by atoms with Gasteiger partial charge in [-0.2, -0.15) is 0 Å². The molecule has 1 aliphatic rings. The summed E-state index contributed by atoms with van der Waals surface area (Å²) in [5, 5.41) is 3.06. The Balaban J connectivity index is 2.06. The lowest BCUT2D eigenvalue weighted by atomic mass is 10.0. The molecule has 1 heterocycles. The van der Waals surface area contributed by atoms with Crippen LogP contribution in [0.4, 0.5) is 0 Å². The zero-order chi connectivity index (χ0) is 14.6. The van der Waals surface area contributed by atoms with Crippen LogP contribution >= 0.6 is 0 Å². The van der Waals surface area contributed by atoms with Crippen LogP contribution in [0.2, 0.25) is 0 Å². The normalized spacial score (nSPS) is 23.1. The summed E-state index contributed by atoms with van der Waals surface area (Å²) < 4.78 is 32.5. The van der Waals surface area contributed by atoms with E-state index in [1.54, 1.807) is 0 Å². The quantitative estimate of drug-likeness (QED) is 0.822. The van der Waals surface area contributed by atoms with Crippen LogP contribution in [-0.4, -0.2) is 34.2 Å². The molecule has 1 aliphatic heterocycles. The van der Waals surface area contributed by atoms with E-state index in [0.717, 1.165) is 17.7 Å². The summed E-state index contributed by atoms with van der Waals surface area (Å²) in [7, 11) is -1.49. The second-order valence-corrected chi connectivity index (χ2v) is 7.30. The van der Waals surface area contributed by atoms with Crippen LogP contribution in [0.5, 0.6) is 0 Å². The smallest absolute Gasteiger partial charge is 0.216 e. The van der Waals surface area contributed by atoms with Crippen molar-refractivity contribution in [1.29, 1.82) is 0 Å². The highest BCUT2D eigenvalue weighted by Gasteiger charge is 2.33. The van der Waals surface area contributed by atoms with Crippen LogP contribution < -0.4 is 10.0 Å². The van der Waals surface area contributed by atoms with Crippen molar-refractivity contribution in [3.8, 4) is 0 Å². The average Bonchev–Trinajstić information content (AvgIpc) is 2.74. The molecule has 0 amide bonds. The predicted molar refractivity (Wildman–Crippen MR) is 78.8 cm³/mol. The van der Waals surface area contributed by atoms with Gasteiger partial charge in [-0.25, -0.2) is 13.1 Å². The van der Waals surface area contributed by atoms with E-state index in [4.69, 9.17) is 4.74 Å². The Kier molecular flexibility index (Phi) is 4.80. The molecule has 2 N–H and O–H groups in total. The third-order valence-electron chi connectivity index (χ3n) is 3.35. The molecular formula is C14H22N2O3S. The second kappa shape index (κ2) is 6.22. The van der Waals surface area contributed by atoms with E-state index in [1.807, 2.05) is 38.2 Å². The maximum atomic E-state index is 12.2. The summed E-state index contributed by atoms with van der Waals surface area (Å²) in [6.45, 7) is 3.66. The molecule has 1 aromatic carbocycles. The van der Waals surface area contributed by atoms with Gasteiger partial charge in [0.2, 0.25) is 10.0 Å². The fraction of sp³-hybridized carbons (Fsp3) is 0.571. The molecule has 0 aliphatic carbocycles. The number of ether oxygens (including phenoxy) is 1. The first-order valence-corrected chi connectivity index (χ1v) is 8.39. The standard InChI is InChI=1S/C14H22N2O3S/c1-14(6-7-19-11-14)16-20(17,18)10-13-5-3-4-12(8-13)9-15-2/h3-5,8,15-16H,6-7,9-11H2,1-2H3. The topological polar surface area (TPSA) is 67.4 Å². The van der Waals surface area contributed by atoms with Crippen molar-refractivity contribution >= 4 is 10.0 Å². The monoisotopic (exact) mass is 298 g/mol. The van der Waals surface area contributed by atoms with E-state index in [0.29, 0.717) is 19.6 Å². The van der Waals surface area contributed by atoms with E-state index < -0.39 is 15.6 Å². The van der Waals surface area contributed by atoms with E-state index in [-0.39, 0.29) is 5.75 Å². The molecule has 0 radical (unpaired) electrons. The van der Waals surface area contributed by atoms with Crippen LogP contribution in [0.15, 0.2) is 24.3 Å². The molecule has 0 bridgehead atoms. The zero-order valence-corrected chi connectivity index (χ0v) is 12.8. The average molecular weight is 298 g/mol. The fourth-order valence-electron chi connectivity index (χ4n) is 2.41. The lowest BCUT2D eigenvalue weighted by Gasteiger charge is -2.23. The van der Waals surface area contributed by atoms with Gasteiger partial charge in [-0.1, -0.05) is 24.3 Å². The van der Waals surface area contributed by atoms with E-state index in [9.17, 15) is 8.42 Å². The summed E-state index contributed by atoms with van der Waals surface area (Å²) in [5.74, 6) is 0.000143. The molecule has 0 aromatic heterocycles. The van der Waals surface area contributed by atoms with Crippen molar-refractivity contribution in [2.45, 2.75) is 31.2 Å². The van der Waals surface area contributed by atoms with Gasteiger partial charge in [0.25, 0.3) is 0 Å². The maximum absolute atomic E-state index is 12.2. The predicted octanol–water partition coefficient (Wildman–Crippen LogP) is 1.00. The van der Waals surface area contributed by atoms with Gasteiger partial charge in [0.15, 0.2) is 0 Å². The highest BCUT2D eigenvalue weighted by atomic mass is 32.2. The number of hydrogen-bond donors (Lipinski definition) is 2. The Morgan fingerprint density at radius 2 is 2.10 bits per heavy atom. The van der Waals surface area contributed by atoms with Crippen molar-refractivity contribution in [2.24, 2.45) is 0 Å². The minimum absolute atomic E-state index is 0.000143. The summed E-state index contributed by atoms with van der Waals surface area (Å²) in [4.78, 5) is 0. The molecule has 20 heavy (non-hydrogen) atoms. The van der Waals surface area contributed by atoms with Crippen LogP contribution in [0.1, 0.15) is 24.5 Å². The Morgan fingerprint density at radius 3 is 2.75 bits per heavy atom. The van der Waals surface area contributed by atoms with Gasteiger partial charge in [0.05, 0.1) is 17.9 Å². The van der Waals surface area contributed by atoms with Crippen molar-refractivity contribution < 1.29 is 13.2 Å². The Hall–Kier alpha value is -0.950. The van der Waals surface area contributed by atoms with E-state index in [1.165, 1.54) is 0 Å². The Morgan fingerprint density at radius 1 is 1.35 bits per heavy atom. The molecule has 0 saturated carbocycles. The van der Waals surface area contributed by atoms with Crippen molar-refractivity contribution in [3.05, 3.63) is 35.4 Å². The summed E-state index contributed by atoms with van der Waals surface area (Å²) in [6.07, 6.45) is 0.714. The third kappa shape index (κ3) is 4.28. The fourth-order valence-corrected chi connectivity index (χ4v) is 4.01. The number of rotatable bonds is 6. The number of nitrogens with one attached hydrogen (secondary N) is 2. The first-order valence-electron chi connectivity index (χ1n) is 6.74. The molecule has 5 nitrogen and oxygen atoms in total. The van der Waals surface area contributed by atoms with Gasteiger partial charge in [-0.05, 0) is 31.5 Å². The SMILES string of the molecule is CNCc1cccc(CS(=O)(=O)NC2(C)CCOC2)c1. The minimum Gasteiger partial charge on any atom is -0.379 e. The highest BCUT2D eigenvalue weighted by molar-refractivity contribution is 7.88. The third-order valence-corrected chi connectivity index (χ3v) is 4.87. The summed E-state index contributed by atoms with van der Waals surface area (Å²) in [6, 6.07) is 7.62. The highest BCUT2D eigenvalue weighted by Crippen LogP contribution is 2.20. The van der Waals surface area contributed by atoms with Crippen molar-refractivity contribution in [3.63, 3.8) is 0 Å². The van der Waals surface area contributed by atoms with E-state index >= 15 is 0 Å². The van der Waals surface area contributed by atoms with Crippen LogP contribution in [-0.2, 0) is 27.1 Å². The van der Waals surface area contributed by atoms with Gasteiger partial charge in [-0.3, -0.25) is 0 Å². The first kappa shape index (κ1) is 15.4. The minimum atomic E-state index is -3.36.